The summed E-state index contributed by atoms with van der Waals surface area (Å²) < 4.78 is 14.7. The first-order valence-electron chi connectivity index (χ1n) is 29.2. The van der Waals surface area contributed by atoms with Gasteiger partial charge in [0.25, 0.3) is 0 Å². The van der Waals surface area contributed by atoms with E-state index >= 15 is 0 Å². The number of anilines is 6. The third-order valence-electron chi connectivity index (χ3n) is 18.2. The Bertz CT molecular complexity index is 4340. The van der Waals surface area contributed by atoms with Crippen molar-refractivity contribution in [1.82, 2.24) is 0 Å². The molecular weight excluding hydrogens is 973 g/mol. The highest BCUT2D eigenvalue weighted by Crippen LogP contribution is 2.53. The molecule has 0 bridgehead atoms. The van der Waals surface area contributed by atoms with Crippen LogP contribution in [0.25, 0.3) is 98.4 Å². The number of nitrogens with zero attached hydrogens (tertiary/aromatic N) is 2. The molecule has 2 aliphatic rings. The van der Waals surface area contributed by atoms with Gasteiger partial charge < -0.3 is 18.6 Å². The summed E-state index contributed by atoms with van der Waals surface area (Å²) in [4.78, 5) is 4.98. The van der Waals surface area contributed by atoms with Crippen LogP contribution in [0.4, 0.5) is 34.1 Å². The molecule has 0 radical (unpaired) electrons. The maximum atomic E-state index is 7.36. The summed E-state index contributed by atoms with van der Waals surface area (Å²) in [6, 6.07) is 85.4. The summed E-state index contributed by atoms with van der Waals surface area (Å²) in [7, 11) is 0. The van der Waals surface area contributed by atoms with Gasteiger partial charge in [0.15, 0.2) is 11.2 Å². The Morgan fingerprint density at radius 3 is 1.06 bits per heavy atom. The van der Waals surface area contributed by atoms with Gasteiger partial charge in [-0.05, 0) is 118 Å². The molecule has 2 aliphatic carbocycles. The van der Waals surface area contributed by atoms with Crippen LogP contribution >= 0.6 is 0 Å². The molecule has 0 atom stereocenters. The van der Waals surface area contributed by atoms with Crippen molar-refractivity contribution in [2.24, 2.45) is 0 Å². The molecule has 80 heavy (non-hydrogen) atoms. The highest BCUT2D eigenvalue weighted by Gasteiger charge is 2.30. The monoisotopic (exact) mass is 1030 g/mol. The lowest BCUT2D eigenvalue weighted by Gasteiger charge is -2.31. The van der Waals surface area contributed by atoms with Crippen molar-refractivity contribution in [2.45, 2.75) is 76.0 Å². The Labute approximate surface area is 466 Å². The van der Waals surface area contributed by atoms with Gasteiger partial charge in [0.05, 0.1) is 34.1 Å². The first kappa shape index (κ1) is 46.9. The number of fused-ring (bicyclic) bond motifs is 6. The van der Waals surface area contributed by atoms with E-state index in [0.717, 1.165) is 89.5 Å². The van der Waals surface area contributed by atoms with E-state index in [0.29, 0.717) is 11.8 Å². The lowest BCUT2D eigenvalue weighted by Crippen LogP contribution is -2.13. The molecule has 0 unspecified atom stereocenters. The van der Waals surface area contributed by atoms with Crippen LogP contribution < -0.4 is 9.80 Å². The van der Waals surface area contributed by atoms with Crippen LogP contribution in [0.15, 0.2) is 239 Å². The van der Waals surface area contributed by atoms with E-state index in [9.17, 15) is 0 Å². The van der Waals surface area contributed by atoms with Crippen LogP contribution in [0.1, 0.15) is 87.2 Å². The minimum Gasteiger partial charge on any atom is -0.454 e. The van der Waals surface area contributed by atoms with Crippen LogP contribution in [0, 0.1) is 0 Å². The molecule has 12 aromatic carbocycles. The smallest absolute Gasteiger partial charge is 0.159 e. The standard InChI is InChI=1S/C76H60N2O2/c1-5-21-49(22-6-1)55-29-13-15-37-65(55)77(69-39-19-35-61-59-33-17-31-57(73(59)79-75(61)69)51-25-9-3-10-26-51)67-47-43-53-42-46-64-68(48-44-54-41-45-63(67)71(53)72(54)64)78(66-38-16-14-30-56(66)50-23-7-2-8-24-50)70-40-20-36-62-60-34-18-32-58(74(60)80-76(62)70)52-27-11-4-12-28-52/h1-2,5-8,13-24,29-48,51-52H,3-4,9-12,25-28H2. The quantitative estimate of drug-likeness (QED) is 0.128. The second kappa shape index (κ2) is 19.4. The molecule has 0 saturated heterocycles. The molecule has 4 nitrogen and oxygen atoms in total. The first-order valence-corrected chi connectivity index (χ1v) is 29.2. The Morgan fingerprint density at radius 1 is 0.263 bits per heavy atom. The fraction of sp³-hybridized carbons (Fsp3) is 0.158. The zero-order valence-corrected chi connectivity index (χ0v) is 44.9. The average Bonchev–Trinajstić information content (AvgIpc) is 4.23. The van der Waals surface area contributed by atoms with E-state index in [1.807, 2.05) is 0 Å². The largest absolute Gasteiger partial charge is 0.454 e. The summed E-state index contributed by atoms with van der Waals surface area (Å²) in [5.74, 6) is 1.00. The Morgan fingerprint density at radius 2 is 0.625 bits per heavy atom. The second-order valence-electron chi connectivity index (χ2n) is 22.7. The molecular formula is C76H60N2O2. The Hall–Kier alpha value is -9.12. The maximum absolute atomic E-state index is 7.36. The van der Waals surface area contributed by atoms with Gasteiger partial charge in [-0.2, -0.15) is 0 Å². The topological polar surface area (TPSA) is 32.8 Å². The van der Waals surface area contributed by atoms with Crippen molar-refractivity contribution in [3.8, 4) is 22.3 Å². The SMILES string of the molecule is c1ccc(-c2ccccc2N(c2ccc3ccc4c(N(c5ccccc5-c5ccccc5)c5cccc6c5oc5c(C7CCCCC7)cccc56)ccc5ccc2c3c54)c2cccc3c2oc2c(C4CCCCC4)cccc23)cc1. The van der Waals surface area contributed by atoms with Crippen molar-refractivity contribution in [1.29, 1.82) is 0 Å². The van der Waals surface area contributed by atoms with Gasteiger partial charge in [-0.1, -0.05) is 233 Å². The van der Waals surface area contributed by atoms with Crippen molar-refractivity contribution < 1.29 is 8.83 Å². The Balaban J connectivity index is 0.952. The fourth-order valence-corrected chi connectivity index (χ4v) is 14.5. The normalized spacial score (nSPS) is 14.7. The number of hydrogen-bond acceptors (Lipinski definition) is 4. The molecule has 0 aliphatic heterocycles. The maximum Gasteiger partial charge on any atom is 0.159 e. The third-order valence-corrected chi connectivity index (χ3v) is 18.2. The summed E-state index contributed by atoms with van der Waals surface area (Å²) in [6.45, 7) is 0. The molecule has 386 valence electrons. The second-order valence-corrected chi connectivity index (χ2v) is 22.7. The van der Waals surface area contributed by atoms with Gasteiger partial charge in [0, 0.05) is 43.4 Å². The molecule has 2 heterocycles. The predicted molar refractivity (Wildman–Crippen MR) is 337 cm³/mol. The van der Waals surface area contributed by atoms with Crippen LogP contribution in [0.3, 0.4) is 0 Å². The van der Waals surface area contributed by atoms with E-state index in [1.54, 1.807) is 0 Å². The van der Waals surface area contributed by atoms with Crippen LogP contribution in [0.5, 0.6) is 0 Å². The highest BCUT2D eigenvalue weighted by atomic mass is 16.3. The van der Waals surface area contributed by atoms with Gasteiger partial charge in [-0.25, -0.2) is 0 Å². The molecule has 4 heteroatoms. The molecule has 2 aromatic heterocycles. The van der Waals surface area contributed by atoms with E-state index in [-0.39, 0.29) is 0 Å². The van der Waals surface area contributed by atoms with E-state index in [2.05, 4.69) is 240 Å². The van der Waals surface area contributed by atoms with Crippen molar-refractivity contribution in [2.75, 3.05) is 9.80 Å². The number of benzene rings is 12. The van der Waals surface area contributed by atoms with Crippen molar-refractivity contribution in [3.05, 3.63) is 242 Å². The summed E-state index contributed by atoms with van der Waals surface area (Å²) >= 11 is 0. The fourth-order valence-electron chi connectivity index (χ4n) is 14.5. The summed E-state index contributed by atoms with van der Waals surface area (Å²) in [6.07, 6.45) is 12.5. The molecule has 14 aromatic rings. The number of para-hydroxylation sites is 6. The molecule has 0 spiro atoms. The van der Waals surface area contributed by atoms with E-state index in [4.69, 9.17) is 8.83 Å². The van der Waals surface area contributed by atoms with Gasteiger partial charge in [0.2, 0.25) is 0 Å². The molecule has 16 rings (SSSR count). The summed E-state index contributed by atoms with van der Waals surface area (Å²) in [5.41, 5.74) is 17.6. The van der Waals surface area contributed by atoms with Gasteiger partial charge in [0.1, 0.15) is 11.2 Å². The van der Waals surface area contributed by atoms with Crippen LogP contribution in [0.2, 0.25) is 0 Å². The lowest BCUT2D eigenvalue weighted by atomic mass is 9.83. The van der Waals surface area contributed by atoms with Crippen molar-refractivity contribution >= 4 is 110 Å². The first-order chi connectivity index (χ1) is 39.7. The highest BCUT2D eigenvalue weighted by molar-refractivity contribution is 6.29. The molecule has 0 amide bonds. The van der Waals surface area contributed by atoms with Gasteiger partial charge in [-0.15, -0.1) is 0 Å². The van der Waals surface area contributed by atoms with Crippen LogP contribution in [-0.4, -0.2) is 0 Å². The van der Waals surface area contributed by atoms with Crippen LogP contribution in [-0.2, 0) is 0 Å². The number of rotatable bonds is 10. The van der Waals surface area contributed by atoms with E-state index in [1.165, 1.54) is 118 Å². The Kier molecular flexibility index (Phi) is 11.4. The molecule has 0 N–H and O–H groups in total. The molecule has 2 saturated carbocycles. The lowest BCUT2D eigenvalue weighted by molar-refractivity contribution is 0.442. The molecule has 2 fully saturated rings. The average molecular weight is 1030 g/mol. The number of hydrogen-bond donors (Lipinski definition) is 0. The summed E-state index contributed by atoms with van der Waals surface area (Å²) in [5, 5.41) is 11.8. The van der Waals surface area contributed by atoms with E-state index < -0.39 is 0 Å². The van der Waals surface area contributed by atoms with Gasteiger partial charge in [-0.3, -0.25) is 0 Å². The van der Waals surface area contributed by atoms with Crippen molar-refractivity contribution in [3.63, 3.8) is 0 Å². The third kappa shape index (κ3) is 7.56. The number of furan rings is 2. The zero-order valence-electron chi connectivity index (χ0n) is 44.9. The van der Waals surface area contributed by atoms with Gasteiger partial charge >= 0.3 is 0 Å². The minimum atomic E-state index is 0.502. The zero-order chi connectivity index (χ0) is 52.7. The predicted octanol–water partition coefficient (Wildman–Crippen LogP) is 22.8. The minimum absolute atomic E-state index is 0.502.